The standard InChI is InChI=1S/C17H28NO6P/c1-7-23-25(19,24-8-2)17(3,18)10-9-14-15(21-5)11-13(20-4)12-16(14)22-6/h9-12H,7-8,18H2,1-6H3/b10-9+. The Kier molecular flexibility index (Phi) is 7.96. The molecule has 142 valence electrons. The van der Waals surface area contributed by atoms with Gasteiger partial charge in [-0.25, -0.2) is 0 Å². The molecule has 0 radical (unpaired) electrons. The van der Waals surface area contributed by atoms with Gasteiger partial charge in [-0.2, -0.15) is 0 Å². The number of hydrogen-bond acceptors (Lipinski definition) is 7. The predicted molar refractivity (Wildman–Crippen MR) is 98.6 cm³/mol. The maximum absolute atomic E-state index is 13.0. The Hall–Kier alpha value is -1.53. The zero-order chi connectivity index (χ0) is 19.1. The molecule has 0 heterocycles. The minimum atomic E-state index is -3.54. The van der Waals surface area contributed by atoms with Gasteiger partial charge in [-0.15, -0.1) is 0 Å². The van der Waals surface area contributed by atoms with Gasteiger partial charge < -0.3 is 29.0 Å². The van der Waals surface area contributed by atoms with Crippen LogP contribution in [0.15, 0.2) is 18.2 Å². The molecule has 0 bridgehead atoms. The zero-order valence-corrected chi connectivity index (χ0v) is 16.6. The van der Waals surface area contributed by atoms with Crippen molar-refractivity contribution in [3.63, 3.8) is 0 Å². The molecule has 7 nitrogen and oxygen atoms in total. The Morgan fingerprint density at radius 2 is 1.52 bits per heavy atom. The van der Waals surface area contributed by atoms with Crippen LogP contribution in [0.3, 0.4) is 0 Å². The van der Waals surface area contributed by atoms with Gasteiger partial charge >= 0.3 is 7.60 Å². The highest BCUT2D eigenvalue weighted by molar-refractivity contribution is 7.55. The van der Waals surface area contributed by atoms with Crippen molar-refractivity contribution in [1.82, 2.24) is 0 Å². The number of rotatable bonds is 10. The first-order chi connectivity index (χ1) is 11.8. The van der Waals surface area contributed by atoms with Crippen molar-refractivity contribution in [1.29, 1.82) is 0 Å². The SMILES string of the molecule is CCOP(=O)(OCC)C(C)(N)/C=C/c1c(OC)cc(OC)cc1OC. The van der Waals surface area contributed by atoms with E-state index in [-0.39, 0.29) is 13.2 Å². The maximum atomic E-state index is 13.0. The van der Waals surface area contributed by atoms with Gasteiger partial charge in [0.2, 0.25) is 0 Å². The van der Waals surface area contributed by atoms with Crippen LogP contribution in [0.5, 0.6) is 17.2 Å². The molecule has 0 saturated heterocycles. The van der Waals surface area contributed by atoms with E-state index in [0.29, 0.717) is 22.8 Å². The van der Waals surface area contributed by atoms with Gasteiger partial charge in [-0.3, -0.25) is 4.57 Å². The Balaban J connectivity index is 3.33. The summed E-state index contributed by atoms with van der Waals surface area (Å²) in [4.78, 5) is 0. The van der Waals surface area contributed by atoms with Crippen molar-refractivity contribution in [2.24, 2.45) is 5.73 Å². The van der Waals surface area contributed by atoms with Crippen LogP contribution in [-0.4, -0.2) is 39.8 Å². The normalized spacial score (nSPS) is 14.4. The monoisotopic (exact) mass is 373 g/mol. The highest BCUT2D eigenvalue weighted by Gasteiger charge is 2.42. The van der Waals surface area contributed by atoms with Gasteiger partial charge in [-0.1, -0.05) is 6.08 Å². The summed E-state index contributed by atoms with van der Waals surface area (Å²) in [6.45, 7) is 5.53. The molecule has 8 heteroatoms. The third-order valence-electron chi connectivity index (χ3n) is 3.53. The van der Waals surface area contributed by atoms with Crippen LogP contribution in [-0.2, 0) is 13.6 Å². The van der Waals surface area contributed by atoms with Crippen LogP contribution in [0, 0.1) is 0 Å². The third kappa shape index (κ3) is 4.98. The van der Waals surface area contributed by atoms with Crippen molar-refractivity contribution in [2.75, 3.05) is 34.5 Å². The fourth-order valence-corrected chi connectivity index (χ4v) is 3.76. The maximum Gasteiger partial charge on any atom is 0.353 e. The second-order valence-electron chi connectivity index (χ2n) is 5.34. The summed E-state index contributed by atoms with van der Waals surface area (Å²) < 4.78 is 39.7. The molecule has 0 aliphatic heterocycles. The lowest BCUT2D eigenvalue weighted by Gasteiger charge is -2.30. The molecule has 0 saturated carbocycles. The van der Waals surface area contributed by atoms with E-state index in [1.807, 2.05) is 0 Å². The summed E-state index contributed by atoms with van der Waals surface area (Å²) in [5.74, 6) is 1.66. The highest BCUT2D eigenvalue weighted by Crippen LogP contribution is 2.58. The molecule has 1 rings (SSSR count). The van der Waals surface area contributed by atoms with Gasteiger partial charge in [0, 0.05) is 12.1 Å². The summed E-state index contributed by atoms with van der Waals surface area (Å²) in [5, 5.41) is -1.32. The zero-order valence-electron chi connectivity index (χ0n) is 15.7. The van der Waals surface area contributed by atoms with Crippen molar-refractivity contribution < 1.29 is 27.8 Å². The van der Waals surface area contributed by atoms with Crippen LogP contribution in [0.4, 0.5) is 0 Å². The summed E-state index contributed by atoms with van der Waals surface area (Å²) in [6, 6.07) is 3.45. The van der Waals surface area contributed by atoms with Crippen LogP contribution in [0.25, 0.3) is 6.08 Å². The van der Waals surface area contributed by atoms with Gasteiger partial charge in [0.1, 0.15) is 22.5 Å². The van der Waals surface area contributed by atoms with Gasteiger partial charge in [0.15, 0.2) is 0 Å². The lowest BCUT2D eigenvalue weighted by molar-refractivity contribution is 0.205. The average molecular weight is 373 g/mol. The molecule has 1 unspecified atom stereocenters. The van der Waals surface area contributed by atoms with Crippen LogP contribution >= 0.6 is 7.60 Å². The second kappa shape index (κ2) is 9.25. The second-order valence-corrected chi connectivity index (χ2v) is 7.81. The van der Waals surface area contributed by atoms with E-state index in [1.54, 1.807) is 66.4 Å². The van der Waals surface area contributed by atoms with Crippen LogP contribution < -0.4 is 19.9 Å². The van der Waals surface area contributed by atoms with E-state index in [2.05, 4.69) is 0 Å². The van der Waals surface area contributed by atoms with Gasteiger partial charge in [0.05, 0.1) is 40.1 Å². The Bertz CT molecular complexity index is 609. The van der Waals surface area contributed by atoms with E-state index in [1.165, 1.54) is 0 Å². The molecule has 0 spiro atoms. The van der Waals surface area contributed by atoms with Crippen molar-refractivity contribution in [3.8, 4) is 17.2 Å². The molecule has 0 fully saturated rings. The van der Waals surface area contributed by atoms with E-state index in [4.69, 9.17) is 29.0 Å². The van der Waals surface area contributed by atoms with Gasteiger partial charge in [0.25, 0.3) is 0 Å². The van der Waals surface area contributed by atoms with Crippen molar-refractivity contribution in [3.05, 3.63) is 23.8 Å². The molecule has 1 aromatic rings. The number of benzene rings is 1. The molecule has 1 atom stereocenters. The van der Waals surface area contributed by atoms with Crippen LogP contribution in [0.1, 0.15) is 26.3 Å². The van der Waals surface area contributed by atoms with E-state index in [0.717, 1.165) is 0 Å². The molecule has 0 aliphatic carbocycles. The lowest BCUT2D eigenvalue weighted by Crippen LogP contribution is -2.35. The summed E-state index contributed by atoms with van der Waals surface area (Å²) in [7, 11) is 1.10. The molecule has 1 aromatic carbocycles. The molecule has 0 aliphatic rings. The molecular formula is C17H28NO6P. The molecule has 25 heavy (non-hydrogen) atoms. The topological polar surface area (TPSA) is 89.2 Å². The lowest BCUT2D eigenvalue weighted by atomic mass is 10.1. The third-order valence-corrected chi connectivity index (χ3v) is 6.05. The number of hydrogen-bond donors (Lipinski definition) is 1. The predicted octanol–water partition coefficient (Wildman–Crippen LogP) is 3.67. The quantitative estimate of drug-likeness (QED) is 0.626. The Morgan fingerprint density at radius 3 is 1.88 bits per heavy atom. The summed E-state index contributed by atoms with van der Waals surface area (Å²) in [6.07, 6.45) is 3.26. The summed E-state index contributed by atoms with van der Waals surface area (Å²) >= 11 is 0. The fraction of sp³-hybridized carbons (Fsp3) is 0.529. The molecule has 2 N–H and O–H groups in total. The molecular weight excluding hydrogens is 345 g/mol. The minimum absolute atomic E-state index is 0.229. The largest absolute Gasteiger partial charge is 0.496 e. The molecule has 0 amide bonds. The average Bonchev–Trinajstić information content (AvgIpc) is 2.59. The smallest absolute Gasteiger partial charge is 0.353 e. The van der Waals surface area contributed by atoms with Crippen molar-refractivity contribution >= 4 is 13.7 Å². The first-order valence-corrected chi connectivity index (χ1v) is 9.50. The first kappa shape index (κ1) is 21.5. The van der Waals surface area contributed by atoms with E-state index < -0.39 is 12.9 Å². The minimum Gasteiger partial charge on any atom is -0.496 e. The van der Waals surface area contributed by atoms with Gasteiger partial charge in [-0.05, 0) is 26.8 Å². The van der Waals surface area contributed by atoms with Crippen LogP contribution in [0.2, 0.25) is 0 Å². The fourth-order valence-electron chi connectivity index (χ4n) is 2.20. The number of ether oxygens (including phenoxy) is 3. The summed E-state index contributed by atoms with van der Waals surface area (Å²) in [5.41, 5.74) is 6.89. The van der Waals surface area contributed by atoms with Crippen molar-refractivity contribution in [2.45, 2.75) is 26.1 Å². The Morgan fingerprint density at radius 1 is 1.04 bits per heavy atom. The van der Waals surface area contributed by atoms with E-state index >= 15 is 0 Å². The molecule has 0 aromatic heterocycles. The highest BCUT2D eigenvalue weighted by atomic mass is 31.2. The number of nitrogens with two attached hydrogens (primary N) is 1. The first-order valence-electron chi connectivity index (χ1n) is 7.95. The number of methoxy groups -OCH3 is 3. The van der Waals surface area contributed by atoms with E-state index in [9.17, 15) is 4.57 Å². The Labute approximate surface area is 149 Å².